The highest BCUT2D eigenvalue weighted by Crippen LogP contribution is 2.19. The number of aryl methyl sites for hydroxylation is 2. The first kappa shape index (κ1) is 14.9. The molecule has 23 heavy (non-hydrogen) atoms. The third kappa shape index (κ3) is 3.26. The second kappa shape index (κ2) is 6.00. The smallest absolute Gasteiger partial charge is 0.274 e. The van der Waals surface area contributed by atoms with Gasteiger partial charge in [0.05, 0.1) is 11.9 Å². The van der Waals surface area contributed by atoms with Gasteiger partial charge in [0.15, 0.2) is 0 Å². The van der Waals surface area contributed by atoms with Gasteiger partial charge >= 0.3 is 0 Å². The van der Waals surface area contributed by atoms with Crippen molar-refractivity contribution in [1.29, 1.82) is 0 Å². The summed E-state index contributed by atoms with van der Waals surface area (Å²) in [5, 5.41) is 6.83. The molecule has 0 radical (unpaired) electrons. The molecule has 2 heterocycles. The Morgan fingerprint density at radius 3 is 2.57 bits per heavy atom. The Hall–Kier alpha value is -3.02. The summed E-state index contributed by atoms with van der Waals surface area (Å²) in [5.41, 5.74) is 3.12. The summed E-state index contributed by atoms with van der Waals surface area (Å²) in [5.74, 6) is -0.685. The van der Waals surface area contributed by atoms with E-state index < -0.39 is 0 Å². The lowest BCUT2D eigenvalue weighted by Gasteiger charge is -2.08. The minimum atomic E-state index is -0.351. The van der Waals surface area contributed by atoms with Crippen LogP contribution in [0.2, 0.25) is 0 Å². The molecular weight excluding hydrogens is 295 g/mol. The van der Waals surface area contributed by atoms with E-state index in [1.54, 1.807) is 10.9 Å². The second-order valence-electron chi connectivity index (χ2n) is 5.23. The number of halogens is 1. The number of amides is 1. The van der Waals surface area contributed by atoms with Crippen LogP contribution >= 0.6 is 0 Å². The molecule has 0 atom stereocenters. The standard InChI is InChI=1S/C17H15FN4O/c1-11-3-8-15(12-9-19-22(2)10-12)21-16(11)17(23)20-14-6-4-13(18)5-7-14/h3-10H,1-2H3,(H,20,23). The summed E-state index contributed by atoms with van der Waals surface area (Å²) in [6.45, 7) is 1.82. The van der Waals surface area contributed by atoms with Gasteiger partial charge in [-0.3, -0.25) is 9.48 Å². The van der Waals surface area contributed by atoms with Gasteiger partial charge in [-0.15, -0.1) is 0 Å². The van der Waals surface area contributed by atoms with E-state index >= 15 is 0 Å². The first-order valence-electron chi connectivity index (χ1n) is 7.06. The molecule has 3 aromatic rings. The number of rotatable bonds is 3. The Bertz CT molecular complexity index is 855. The number of anilines is 1. The molecule has 0 spiro atoms. The first-order chi connectivity index (χ1) is 11.0. The predicted octanol–water partition coefficient (Wildman–Crippen LogP) is 3.18. The highest BCUT2D eigenvalue weighted by atomic mass is 19.1. The van der Waals surface area contributed by atoms with Gasteiger partial charge in [0.2, 0.25) is 0 Å². The van der Waals surface area contributed by atoms with Crippen LogP contribution in [0.15, 0.2) is 48.8 Å². The van der Waals surface area contributed by atoms with Crippen molar-refractivity contribution in [3.8, 4) is 11.3 Å². The monoisotopic (exact) mass is 310 g/mol. The number of carbonyl (C=O) groups is 1. The number of nitrogens with one attached hydrogen (secondary N) is 1. The maximum absolute atomic E-state index is 12.9. The van der Waals surface area contributed by atoms with E-state index in [-0.39, 0.29) is 11.7 Å². The number of hydrogen-bond donors (Lipinski definition) is 1. The summed E-state index contributed by atoms with van der Waals surface area (Å²) in [6.07, 6.45) is 3.53. The number of hydrogen-bond acceptors (Lipinski definition) is 3. The van der Waals surface area contributed by atoms with E-state index in [1.165, 1.54) is 24.3 Å². The first-order valence-corrected chi connectivity index (χ1v) is 7.06. The van der Waals surface area contributed by atoms with Crippen molar-refractivity contribution in [2.45, 2.75) is 6.92 Å². The molecule has 0 unspecified atom stereocenters. The summed E-state index contributed by atoms with van der Waals surface area (Å²) in [7, 11) is 1.82. The quantitative estimate of drug-likeness (QED) is 0.808. The number of carbonyl (C=O) groups excluding carboxylic acids is 1. The normalized spacial score (nSPS) is 10.6. The minimum absolute atomic E-state index is 0.329. The Kier molecular flexibility index (Phi) is 3.89. The largest absolute Gasteiger partial charge is 0.321 e. The fraction of sp³-hybridized carbons (Fsp3) is 0.118. The van der Waals surface area contributed by atoms with Crippen molar-refractivity contribution in [2.75, 3.05) is 5.32 Å². The van der Waals surface area contributed by atoms with Gasteiger partial charge in [-0.25, -0.2) is 9.37 Å². The predicted molar refractivity (Wildman–Crippen MR) is 85.5 cm³/mol. The lowest BCUT2D eigenvalue weighted by Crippen LogP contribution is -2.15. The molecular formula is C17H15FN4O. The summed E-state index contributed by atoms with van der Waals surface area (Å²) in [4.78, 5) is 16.9. The molecule has 0 bridgehead atoms. The van der Waals surface area contributed by atoms with Crippen LogP contribution in [-0.4, -0.2) is 20.7 Å². The Labute approximate surface area is 132 Å². The average molecular weight is 310 g/mol. The molecule has 1 amide bonds. The molecule has 116 valence electrons. The summed E-state index contributed by atoms with van der Waals surface area (Å²) < 4.78 is 14.6. The topological polar surface area (TPSA) is 59.8 Å². The number of nitrogens with zero attached hydrogens (tertiary/aromatic N) is 3. The van der Waals surface area contributed by atoms with E-state index in [0.29, 0.717) is 17.1 Å². The van der Waals surface area contributed by atoms with Crippen molar-refractivity contribution in [3.63, 3.8) is 0 Å². The zero-order valence-corrected chi connectivity index (χ0v) is 12.7. The molecule has 3 rings (SSSR count). The van der Waals surface area contributed by atoms with Gasteiger partial charge in [0, 0.05) is 24.5 Å². The zero-order valence-electron chi connectivity index (χ0n) is 12.7. The molecule has 1 N–H and O–H groups in total. The van der Waals surface area contributed by atoms with E-state index in [0.717, 1.165) is 11.1 Å². The van der Waals surface area contributed by atoms with Gasteiger partial charge in [0.25, 0.3) is 5.91 Å². The van der Waals surface area contributed by atoms with E-state index in [9.17, 15) is 9.18 Å². The van der Waals surface area contributed by atoms with Crippen molar-refractivity contribution >= 4 is 11.6 Å². The lowest BCUT2D eigenvalue weighted by atomic mass is 10.1. The van der Waals surface area contributed by atoms with E-state index in [1.807, 2.05) is 32.3 Å². The third-order valence-electron chi connectivity index (χ3n) is 3.41. The molecule has 6 heteroatoms. The summed E-state index contributed by atoms with van der Waals surface area (Å²) >= 11 is 0. The van der Waals surface area contributed by atoms with Gasteiger partial charge in [-0.2, -0.15) is 5.10 Å². The van der Waals surface area contributed by atoms with Crippen LogP contribution in [0.4, 0.5) is 10.1 Å². The van der Waals surface area contributed by atoms with Crippen LogP contribution in [-0.2, 0) is 7.05 Å². The number of pyridine rings is 1. The SMILES string of the molecule is Cc1ccc(-c2cnn(C)c2)nc1C(=O)Nc1ccc(F)cc1. The fourth-order valence-electron chi connectivity index (χ4n) is 2.20. The van der Waals surface area contributed by atoms with Crippen LogP contribution < -0.4 is 5.32 Å². The molecule has 0 saturated heterocycles. The van der Waals surface area contributed by atoms with Gasteiger partial charge in [-0.1, -0.05) is 6.07 Å². The zero-order chi connectivity index (χ0) is 16.4. The number of benzene rings is 1. The molecule has 0 aliphatic carbocycles. The highest BCUT2D eigenvalue weighted by Gasteiger charge is 2.13. The minimum Gasteiger partial charge on any atom is -0.321 e. The van der Waals surface area contributed by atoms with E-state index in [2.05, 4.69) is 15.4 Å². The average Bonchev–Trinajstić information content (AvgIpc) is 2.96. The fourth-order valence-corrected chi connectivity index (χ4v) is 2.20. The second-order valence-corrected chi connectivity index (χ2v) is 5.23. The molecule has 2 aromatic heterocycles. The molecule has 0 aliphatic heterocycles. The summed E-state index contributed by atoms with van der Waals surface area (Å²) in [6, 6.07) is 9.29. The van der Waals surface area contributed by atoms with Gasteiger partial charge in [-0.05, 0) is 42.8 Å². The van der Waals surface area contributed by atoms with Crippen molar-refractivity contribution < 1.29 is 9.18 Å². The van der Waals surface area contributed by atoms with Crippen molar-refractivity contribution in [1.82, 2.24) is 14.8 Å². The van der Waals surface area contributed by atoms with Crippen molar-refractivity contribution in [2.24, 2.45) is 7.05 Å². The molecule has 0 fully saturated rings. The van der Waals surface area contributed by atoms with E-state index in [4.69, 9.17) is 0 Å². The maximum atomic E-state index is 12.9. The van der Waals surface area contributed by atoms with Crippen LogP contribution in [0.1, 0.15) is 16.1 Å². The molecule has 5 nitrogen and oxygen atoms in total. The molecule has 0 saturated carbocycles. The third-order valence-corrected chi connectivity index (χ3v) is 3.41. The Morgan fingerprint density at radius 2 is 1.91 bits per heavy atom. The Morgan fingerprint density at radius 1 is 1.17 bits per heavy atom. The van der Waals surface area contributed by atoms with Crippen molar-refractivity contribution in [3.05, 3.63) is 65.9 Å². The van der Waals surface area contributed by atoms with Gasteiger partial charge in [0.1, 0.15) is 11.5 Å². The highest BCUT2D eigenvalue weighted by molar-refractivity contribution is 6.04. The van der Waals surface area contributed by atoms with Crippen LogP contribution in [0, 0.1) is 12.7 Å². The van der Waals surface area contributed by atoms with Crippen LogP contribution in [0.3, 0.4) is 0 Å². The van der Waals surface area contributed by atoms with Gasteiger partial charge < -0.3 is 5.32 Å². The maximum Gasteiger partial charge on any atom is 0.274 e. The van der Waals surface area contributed by atoms with Crippen LogP contribution in [0.25, 0.3) is 11.3 Å². The molecule has 1 aromatic carbocycles. The Balaban J connectivity index is 1.89. The van der Waals surface area contributed by atoms with Crippen LogP contribution in [0.5, 0.6) is 0 Å². The molecule has 0 aliphatic rings. The number of aromatic nitrogens is 3. The lowest BCUT2D eigenvalue weighted by molar-refractivity contribution is 0.102.